The number of carbonyl (C=O) groups excluding carboxylic acids is 1. The first-order chi connectivity index (χ1) is 13.3. The van der Waals surface area contributed by atoms with Gasteiger partial charge in [-0.2, -0.15) is 0 Å². The Balaban J connectivity index is 2.43. The van der Waals surface area contributed by atoms with Crippen LogP contribution in [0.5, 0.6) is 5.75 Å². The normalized spacial score (nSPS) is 16.8. The van der Waals surface area contributed by atoms with Gasteiger partial charge < -0.3 is 24.8 Å². The number of carbonyl (C=O) groups is 1. The van der Waals surface area contributed by atoms with E-state index in [4.69, 9.17) is 21.7 Å². The fourth-order valence-corrected chi connectivity index (χ4v) is 3.36. The Hall–Kier alpha value is -2.72. The van der Waals surface area contributed by atoms with Crippen LogP contribution in [0, 0.1) is 10.1 Å². The Labute approximate surface area is 168 Å². The monoisotopic (exact) mass is 409 g/mol. The summed E-state index contributed by atoms with van der Waals surface area (Å²) in [5, 5.41) is 24.3. The molecule has 0 saturated carbocycles. The number of benzene rings is 1. The topological polar surface area (TPSA) is 114 Å². The number of nitro benzene ring substituents is 1. The second-order valence-corrected chi connectivity index (χ2v) is 6.47. The van der Waals surface area contributed by atoms with Crippen LogP contribution in [0.4, 0.5) is 5.69 Å². The number of nitrogens with one attached hydrogen (secondary N) is 1. The number of ether oxygens (including phenoxy) is 2. The number of phenols is 1. The zero-order valence-electron chi connectivity index (χ0n) is 15.9. The van der Waals surface area contributed by atoms with E-state index in [0.717, 1.165) is 0 Å². The highest BCUT2D eigenvalue weighted by atomic mass is 32.1. The summed E-state index contributed by atoms with van der Waals surface area (Å²) in [6, 6.07) is 3.21. The molecular weight excluding hydrogens is 386 g/mol. The maximum Gasteiger partial charge on any atom is 0.337 e. The third kappa shape index (κ3) is 4.57. The number of nitrogens with zero attached hydrogens (tertiary/aromatic N) is 2. The third-order valence-corrected chi connectivity index (χ3v) is 4.74. The molecule has 1 aliphatic rings. The van der Waals surface area contributed by atoms with Crippen LogP contribution >= 0.6 is 12.2 Å². The highest BCUT2D eigenvalue weighted by molar-refractivity contribution is 7.80. The van der Waals surface area contributed by atoms with Crippen molar-refractivity contribution in [1.82, 2.24) is 10.2 Å². The van der Waals surface area contributed by atoms with Gasteiger partial charge in [0.2, 0.25) is 0 Å². The number of hydrogen-bond acceptors (Lipinski definition) is 7. The van der Waals surface area contributed by atoms with Gasteiger partial charge in [0.1, 0.15) is 0 Å². The molecule has 0 spiro atoms. The quantitative estimate of drug-likeness (QED) is 0.220. The van der Waals surface area contributed by atoms with Crippen LogP contribution in [0.2, 0.25) is 0 Å². The lowest BCUT2D eigenvalue weighted by Crippen LogP contribution is -2.48. The number of thiocarbonyl (C=S) groups is 1. The number of phenolic OH excluding ortho intramolecular Hbond substituents is 1. The Kier molecular flexibility index (Phi) is 7.30. The van der Waals surface area contributed by atoms with Crippen LogP contribution in [0.1, 0.15) is 31.9 Å². The van der Waals surface area contributed by atoms with Gasteiger partial charge in [-0.25, -0.2) is 4.79 Å². The second kappa shape index (κ2) is 9.47. The van der Waals surface area contributed by atoms with Crippen LogP contribution in [0.3, 0.4) is 0 Å². The summed E-state index contributed by atoms with van der Waals surface area (Å²) in [4.78, 5) is 24.7. The van der Waals surface area contributed by atoms with Gasteiger partial charge in [-0.3, -0.25) is 10.1 Å². The van der Waals surface area contributed by atoms with Crippen LogP contribution in [-0.4, -0.2) is 52.9 Å². The van der Waals surface area contributed by atoms with E-state index >= 15 is 0 Å². The molecule has 2 N–H and O–H groups in total. The average molecular weight is 409 g/mol. The minimum atomic E-state index is -0.734. The van der Waals surface area contributed by atoms with Gasteiger partial charge in [-0.1, -0.05) is 6.07 Å². The van der Waals surface area contributed by atoms with Crippen molar-refractivity contribution in [2.75, 3.05) is 26.9 Å². The van der Waals surface area contributed by atoms with Gasteiger partial charge in [0.25, 0.3) is 0 Å². The fourth-order valence-electron chi connectivity index (χ4n) is 3.01. The van der Waals surface area contributed by atoms with E-state index < -0.39 is 28.4 Å². The third-order valence-electron chi connectivity index (χ3n) is 4.41. The first-order valence-electron chi connectivity index (χ1n) is 8.73. The van der Waals surface area contributed by atoms with Crippen molar-refractivity contribution in [2.45, 2.75) is 26.3 Å². The van der Waals surface area contributed by atoms with E-state index in [9.17, 15) is 20.0 Å². The first-order valence-corrected chi connectivity index (χ1v) is 9.14. The summed E-state index contributed by atoms with van der Waals surface area (Å²) in [6.07, 6.45) is 0.705. The zero-order chi connectivity index (χ0) is 20.8. The smallest absolute Gasteiger partial charge is 0.337 e. The predicted molar refractivity (Wildman–Crippen MR) is 106 cm³/mol. The molecule has 2 rings (SSSR count). The minimum Gasteiger partial charge on any atom is -0.502 e. The number of aromatic hydroxyl groups is 1. The van der Waals surface area contributed by atoms with E-state index in [1.165, 1.54) is 25.3 Å². The molecule has 152 valence electrons. The maximum absolute atomic E-state index is 12.5. The van der Waals surface area contributed by atoms with Crippen molar-refractivity contribution < 1.29 is 24.3 Å². The summed E-state index contributed by atoms with van der Waals surface area (Å²) < 4.78 is 10.3. The first kappa shape index (κ1) is 21.6. The standard InChI is InChI=1S/C18H23N3O6S/c1-4-27-9-5-8-20-11(2)15(17(23)26-3)16(19-18(20)28)12-6-7-14(22)13(10-12)21(24)25/h6-7,10,16,22H,4-5,8-9H2,1-3H3,(H,19,28). The summed E-state index contributed by atoms with van der Waals surface area (Å²) in [5.41, 5.74) is 0.868. The Morgan fingerprint density at radius 1 is 1.46 bits per heavy atom. The van der Waals surface area contributed by atoms with Crippen molar-refractivity contribution in [3.8, 4) is 5.75 Å². The largest absolute Gasteiger partial charge is 0.502 e. The molecule has 1 unspecified atom stereocenters. The number of esters is 1. The Morgan fingerprint density at radius 2 is 2.18 bits per heavy atom. The number of hydrogen-bond donors (Lipinski definition) is 2. The fraction of sp³-hybridized carbons (Fsp3) is 0.444. The molecular formula is C18H23N3O6S. The van der Waals surface area contributed by atoms with Gasteiger partial charge in [0.05, 0.1) is 23.6 Å². The molecule has 0 aliphatic carbocycles. The van der Waals surface area contributed by atoms with Gasteiger partial charge >= 0.3 is 11.7 Å². The number of methoxy groups -OCH3 is 1. The van der Waals surface area contributed by atoms with Gasteiger partial charge in [0, 0.05) is 31.5 Å². The van der Waals surface area contributed by atoms with E-state index in [-0.39, 0.29) is 0 Å². The molecule has 1 aliphatic heterocycles. The van der Waals surface area contributed by atoms with Crippen LogP contribution in [0.25, 0.3) is 0 Å². The predicted octanol–water partition coefficient (Wildman–Crippen LogP) is 2.41. The minimum absolute atomic E-state index is 0.299. The van der Waals surface area contributed by atoms with E-state index in [1.54, 1.807) is 11.8 Å². The lowest BCUT2D eigenvalue weighted by molar-refractivity contribution is -0.385. The molecule has 1 aromatic rings. The number of rotatable bonds is 8. The Morgan fingerprint density at radius 3 is 2.79 bits per heavy atom. The van der Waals surface area contributed by atoms with Crippen molar-refractivity contribution in [1.29, 1.82) is 0 Å². The van der Waals surface area contributed by atoms with Crippen LogP contribution < -0.4 is 5.32 Å². The molecule has 0 radical (unpaired) electrons. The molecule has 0 aromatic heterocycles. The van der Waals surface area contributed by atoms with Crippen LogP contribution in [0.15, 0.2) is 29.5 Å². The Bertz CT molecular complexity index is 811. The molecule has 0 saturated heterocycles. The molecule has 0 bridgehead atoms. The average Bonchev–Trinajstić information content (AvgIpc) is 2.66. The molecule has 1 aromatic carbocycles. The molecule has 28 heavy (non-hydrogen) atoms. The lowest BCUT2D eigenvalue weighted by atomic mass is 9.94. The summed E-state index contributed by atoms with van der Waals surface area (Å²) in [5.74, 6) is -1.02. The number of nitro groups is 1. The molecule has 1 heterocycles. The second-order valence-electron chi connectivity index (χ2n) is 6.08. The highest BCUT2D eigenvalue weighted by Crippen LogP contribution is 2.35. The van der Waals surface area contributed by atoms with Gasteiger partial charge in [0.15, 0.2) is 10.9 Å². The molecule has 0 amide bonds. The van der Waals surface area contributed by atoms with E-state index in [0.29, 0.717) is 48.1 Å². The zero-order valence-corrected chi connectivity index (χ0v) is 16.7. The van der Waals surface area contributed by atoms with Gasteiger partial charge in [-0.05, 0) is 44.1 Å². The molecule has 9 nitrogen and oxygen atoms in total. The van der Waals surface area contributed by atoms with Crippen molar-refractivity contribution in [2.24, 2.45) is 0 Å². The summed E-state index contributed by atoms with van der Waals surface area (Å²) in [6.45, 7) is 5.38. The summed E-state index contributed by atoms with van der Waals surface area (Å²) >= 11 is 5.45. The molecule has 10 heteroatoms. The molecule has 1 atom stereocenters. The lowest BCUT2D eigenvalue weighted by Gasteiger charge is -2.37. The van der Waals surface area contributed by atoms with Crippen molar-refractivity contribution >= 4 is 29.0 Å². The van der Waals surface area contributed by atoms with E-state index in [1.807, 2.05) is 6.92 Å². The van der Waals surface area contributed by atoms with Gasteiger partial charge in [-0.15, -0.1) is 0 Å². The van der Waals surface area contributed by atoms with Crippen molar-refractivity contribution in [3.63, 3.8) is 0 Å². The molecule has 0 fully saturated rings. The van der Waals surface area contributed by atoms with Crippen LogP contribution in [-0.2, 0) is 14.3 Å². The van der Waals surface area contributed by atoms with Crippen molar-refractivity contribution in [3.05, 3.63) is 45.1 Å². The highest BCUT2D eigenvalue weighted by Gasteiger charge is 2.35. The summed E-state index contributed by atoms with van der Waals surface area (Å²) in [7, 11) is 1.27. The SMILES string of the molecule is CCOCCCN1C(=S)NC(c2ccc(O)c([N+](=O)[O-])c2)C(C(=O)OC)=C1C. The maximum atomic E-state index is 12.5. The van der Waals surface area contributed by atoms with E-state index in [2.05, 4.69) is 5.32 Å². The number of allylic oxidation sites excluding steroid dienone is 1.